The maximum atomic E-state index is 12.3. The summed E-state index contributed by atoms with van der Waals surface area (Å²) in [6.45, 7) is 0. The maximum Gasteiger partial charge on any atom is 0.148 e. The van der Waals surface area contributed by atoms with Crippen LogP contribution in [0.3, 0.4) is 0 Å². The fraction of sp³-hybridized carbons (Fsp3) is 0.0476. The summed E-state index contributed by atoms with van der Waals surface area (Å²) in [7, 11) is 6.07. The standard InChI is InChI=1S/C21H14ClIO2S/c1-25-18-10-6-14-12-15(23)8-9-17(14)20(18)21-16-5-3-2-4-13(16)7-11-19(21)26(22)24/h2-12H,1H3. The smallest absolute Gasteiger partial charge is 0.148 e. The first kappa shape index (κ1) is 17.8. The summed E-state index contributed by atoms with van der Waals surface area (Å²) in [5.41, 5.74) is 1.78. The molecule has 0 aliphatic rings. The van der Waals surface area contributed by atoms with Crippen LogP contribution in [-0.2, 0) is 10.0 Å². The Morgan fingerprint density at radius 1 is 0.885 bits per heavy atom. The first-order chi connectivity index (χ1) is 12.6. The van der Waals surface area contributed by atoms with E-state index in [0.29, 0.717) is 4.90 Å². The van der Waals surface area contributed by atoms with E-state index in [4.69, 9.17) is 15.4 Å². The van der Waals surface area contributed by atoms with Crippen molar-refractivity contribution in [1.82, 2.24) is 0 Å². The van der Waals surface area contributed by atoms with E-state index in [1.165, 1.54) is 0 Å². The SMILES string of the molecule is COc1ccc2cc(I)ccc2c1-c1c(S(=O)Cl)ccc2ccccc12. The third-order valence-electron chi connectivity index (χ3n) is 4.48. The number of benzene rings is 4. The second-order valence-corrected chi connectivity index (χ2v) is 8.86. The van der Waals surface area contributed by atoms with E-state index >= 15 is 0 Å². The number of fused-ring (bicyclic) bond motifs is 2. The van der Waals surface area contributed by atoms with Crippen LogP contribution in [-0.4, -0.2) is 11.3 Å². The van der Waals surface area contributed by atoms with Crippen molar-refractivity contribution in [3.63, 3.8) is 0 Å². The zero-order valence-corrected chi connectivity index (χ0v) is 17.6. The zero-order valence-electron chi connectivity index (χ0n) is 13.8. The molecule has 0 N–H and O–H groups in total. The van der Waals surface area contributed by atoms with Crippen molar-refractivity contribution in [3.05, 3.63) is 70.3 Å². The third kappa shape index (κ3) is 3.00. The Labute approximate surface area is 172 Å². The summed E-state index contributed by atoms with van der Waals surface area (Å²) in [6.07, 6.45) is 0. The number of hydrogen-bond acceptors (Lipinski definition) is 2. The van der Waals surface area contributed by atoms with E-state index in [0.717, 1.165) is 42.0 Å². The molecule has 4 aromatic rings. The summed E-state index contributed by atoms with van der Waals surface area (Å²) >= 11 is 2.30. The van der Waals surface area contributed by atoms with E-state index < -0.39 is 10.0 Å². The molecular formula is C21H14ClIO2S. The minimum atomic E-state index is -1.64. The molecule has 0 bridgehead atoms. The van der Waals surface area contributed by atoms with Crippen LogP contribution in [0.1, 0.15) is 0 Å². The van der Waals surface area contributed by atoms with Crippen molar-refractivity contribution < 1.29 is 8.95 Å². The van der Waals surface area contributed by atoms with Gasteiger partial charge in [0, 0.05) is 14.7 Å². The molecule has 5 heteroatoms. The summed E-state index contributed by atoms with van der Waals surface area (Å²) < 4.78 is 19.1. The molecule has 0 amide bonds. The van der Waals surface area contributed by atoms with Crippen molar-refractivity contribution in [1.29, 1.82) is 0 Å². The topological polar surface area (TPSA) is 26.3 Å². The predicted molar refractivity (Wildman–Crippen MR) is 118 cm³/mol. The first-order valence-corrected chi connectivity index (χ1v) is 11.0. The highest BCUT2D eigenvalue weighted by molar-refractivity contribution is 14.1. The van der Waals surface area contributed by atoms with Crippen molar-refractivity contribution in [2.75, 3.05) is 7.11 Å². The van der Waals surface area contributed by atoms with Gasteiger partial charge in [-0.2, -0.15) is 0 Å². The van der Waals surface area contributed by atoms with Gasteiger partial charge in [-0.05, 0) is 79.1 Å². The van der Waals surface area contributed by atoms with E-state index in [9.17, 15) is 4.21 Å². The summed E-state index contributed by atoms with van der Waals surface area (Å²) in [6, 6.07) is 22.1. The summed E-state index contributed by atoms with van der Waals surface area (Å²) in [5.74, 6) is 0.735. The molecule has 0 spiro atoms. The second-order valence-electron chi connectivity index (χ2n) is 5.89. The number of methoxy groups -OCH3 is 1. The highest BCUT2D eigenvalue weighted by Gasteiger charge is 2.19. The van der Waals surface area contributed by atoms with E-state index in [1.54, 1.807) is 7.11 Å². The molecule has 1 unspecified atom stereocenters. The third-order valence-corrected chi connectivity index (χ3v) is 6.33. The number of hydrogen-bond donors (Lipinski definition) is 0. The highest BCUT2D eigenvalue weighted by Crippen LogP contribution is 2.44. The lowest BCUT2D eigenvalue weighted by molar-refractivity contribution is 0.417. The fourth-order valence-corrected chi connectivity index (χ4v) is 4.80. The lowest BCUT2D eigenvalue weighted by atomic mass is 9.93. The first-order valence-electron chi connectivity index (χ1n) is 7.96. The van der Waals surface area contributed by atoms with Crippen LogP contribution < -0.4 is 4.74 Å². The van der Waals surface area contributed by atoms with Crippen molar-refractivity contribution in [3.8, 4) is 16.9 Å². The summed E-state index contributed by atoms with van der Waals surface area (Å²) in [5, 5.41) is 4.22. The molecule has 0 radical (unpaired) electrons. The normalized spacial score (nSPS) is 12.4. The van der Waals surface area contributed by atoms with Gasteiger partial charge in [0.2, 0.25) is 0 Å². The molecule has 0 aliphatic heterocycles. The molecule has 26 heavy (non-hydrogen) atoms. The lowest BCUT2D eigenvalue weighted by Gasteiger charge is -2.17. The van der Waals surface area contributed by atoms with Gasteiger partial charge in [-0.3, -0.25) is 0 Å². The molecular weight excluding hydrogens is 479 g/mol. The van der Waals surface area contributed by atoms with Gasteiger partial charge >= 0.3 is 0 Å². The van der Waals surface area contributed by atoms with Gasteiger partial charge in [0.15, 0.2) is 0 Å². The molecule has 130 valence electrons. The minimum Gasteiger partial charge on any atom is -0.496 e. The molecule has 1 atom stereocenters. The van der Waals surface area contributed by atoms with Crippen LogP contribution in [0.25, 0.3) is 32.7 Å². The van der Waals surface area contributed by atoms with Gasteiger partial charge < -0.3 is 4.74 Å². The molecule has 4 rings (SSSR count). The van der Waals surface area contributed by atoms with E-state index in [-0.39, 0.29) is 0 Å². The Bertz CT molecular complexity index is 1170. The molecule has 0 saturated heterocycles. The zero-order chi connectivity index (χ0) is 18.3. The number of halogens is 2. The average molecular weight is 493 g/mol. The van der Waals surface area contributed by atoms with Crippen LogP contribution in [0.15, 0.2) is 71.6 Å². The fourth-order valence-electron chi connectivity index (χ4n) is 3.35. The van der Waals surface area contributed by atoms with Crippen LogP contribution in [0.2, 0.25) is 0 Å². The minimum absolute atomic E-state index is 0.592. The van der Waals surface area contributed by atoms with Gasteiger partial charge in [0.05, 0.1) is 12.0 Å². The maximum absolute atomic E-state index is 12.3. The Hall–Kier alpha value is -1.63. The van der Waals surface area contributed by atoms with Crippen LogP contribution in [0.5, 0.6) is 5.75 Å². The molecule has 0 aromatic heterocycles. The van der Waals surface area contributed by atoms with Gasteiger partial charge in [-0.1, -0.05) is 42.5 Å². The number of ether oxygens (including phenoxy) is 1. The van der Waals surface area contributed by atoms with Crippen molar-refractivity contribution in [2.45, 2.75) is 4.90 Å². The molecule has 2 nitrogen and oxygen atoms in total. The average Bonchev–Trinajstić information content (AvgIpc) is 2.66. The quantitative estimate of drug-likeness (QED) is 0.240. The predicted octanol–water partition coefficient (Wildman–Crippen LogP) is 6.53. The molecule has 0 saturated carbocycles. The Kier molecular flexibility index (Phi) is 4.90. The van der Waals surface area contributed by atoms with Gasteiger partial charge in [-0.25, -0.2) is 4.21 Å². The van der Waals surface area contributed by atoms with Crippen LogP contribution in [0.4, 0.5) is 0 Å². The van der Waals surface area contributed by atoms with Gasteiger partial charge in [0.1, 0.15) is 15.8 Å². The Balaban J connectivity index is 2.23. The molecule has 0 heterocycles. The molecule has 0 fully saturated rings. The monoisotopic (exact) mass is 492 g/mol. The van der Waals surface area contributed by atoms with Crippen LogP contribution >= 0.6 is 33.3 Å². The molecule has 4 aromatic carbocycles. The summed E-state index contributed by atoms with van der Waals surface area (Å²) in [4.78, 5) is 0.592. The lowest BCUT2D eigenvalue weighted by Crippen LogP contribution is -1.95. The Morgan fingerprint density at radius 3 is 2.38 bits per heavy atom. The highest BCUT2D eigenvalue weighted by atomic mass is 127. The van der Waals surface area contributed by atoms with Gasteiger partial charge in [0.25, 0.3) is 0 Å². The van der Waals surface area contributed by atoms with Gasteiger partial charge in [-0.15, -0.1) is 0 Å². The number of rotatable bonds is 3. The molecule has 0 aliphatic carbocycles. The second kappa shape index (κ2) is 7.18. The van der Waals surface area contributed by atoms with Crippen molar-refractivity contribution in [2.24, 2.45) is 0 Å². The van der Waals surface area contributed by atoms with Crippen LogP contribution in [0, 0.1) is 3.57 Å². The van der Waals surface area contributed by atoms with E-state index in [1.807, 2.05) is 48.5 Å². The Morgan fingerprint density at radius 2 is 1.62 bits per heavy atom. The largest absolute Gasteiger partial charge is 0.496 e. The van der Waals surface area contributed by atoms with E-state index in [2.05, 4.69) is 40.8 Å². The van der Waals surface area contributed by atoms with Crippen molar-refractivity contribution >= 4 is 64.8 Å².